The van der Waals surface area contributed by atoms with Crippen molar-refractivity contribution in [2.24, 2.45) is 0 Å². The van der Waals surface area contributed by atoms with E-state index in [1.165, 1.54) is 31.2 Å². The first-order chi connectivity index (χ1) is 16.2. The van der Waals surface area contributed by atoms with Crippen molar-refractivity contribution in [1.29, 1.82) is 0 Å². The maximum atomic E-state index is 12.9. The molecule has 176 valence electrons. The average molecular weight is 519 g/mol. The summed E-state index contributed by atoms with van der Waals surface area (Å²) in [6, 6.07) is 17.6. The first kappa shape index (κ1) is 24.1. The fraction of sp³-hybridized carbons (Fsp3) is 0.167. The number of ether oxygens (including phenoxy) is 1. The van der Waals surface area contributed by atoms with Crippen LogP contribution >= 0.6 is 23.2 Å². The molecule has 10 heteroatoms. The first-order valence-electron chi connectivity index (χ1n) is 10.3. The quantitative estimate of drug-likeness (QED) is 0.467. The lowest BCUT2D eigenvalue weighted by Crippen LogP contribution is -2.39. The average Bonchev–Trinajstić information content (AvgIpc) is 3.24. The Labute approximate surface area is 207 Å². The van der Waals surface area contributed by atoms with Crippen molar-refractivity contribution in [1.82, 2.24) is 0 Å². The monoisotopic (exact) mass is 518 g/mol. The maximum absolute atomic E-state index is 12.9. The van der Waals surface area contributed by atoms with E-state index < -0.39 is 22.1 Å². The van der Waals surface area contributed by atoms with Crippen LogP contribution in [0.5, 0.6) is 0 Å². The lowest BCUT2D eigenvalue weighted by molar-refractivity contribution is -0.126. The SMILES string of the molecule is CC(OC(=O)c1ccc(Cl)c(S(=O)(=O)Nc2ccccc2Cl)c1)C(=O)N1CCc2ccccc21. The van der Waals surface area contributed by atoms with Crippen LogP contribution in [-0.2, 0) is 26.0 Å². The summed E-state index contributed by atoms with van der Waals surface area (Å²) in [4.78, 5) is 26.9. The largest absolute Gasteiger partial charge is 0.449 e. The molecule has 0 aliphatic carbocycles. The van der Waals surface area contributed by atoms with Gasteiger partial charge in [-0.15, -0.1) is 0 Å². The number of para-hydroxylation sites is 2. The Balaban J connectivity index is 1.51. The fourth-order valence-electron chi connectivity index (χ4n) is 3.65. The number of nitrogens with zero attached hydrogens (tertiary/aromatic N) is 1. The van der Waals surface area contributed by atoms with Crippen molar-refractivity contribution < 1.29 is 22.7 Å². The van der Waals surface area contributed by atoms with Crippen LogP contribution in [0.3, 0.4) is 0 Å². The van der Waals surface area contributed by atoms with Gasteiger partial charge in [-0.3, -0.25) is 9.52 Å². The topological polar surface area (TPSA) is 92.8 Å². The number of amides is 1. The number of carbonyl (C=O) groups is 2. The van der Waals surface area contributed by atoms with Gasteiger partial charge in [-0.1, -0.05) is 53.5 Å². The number of sulfonamides is 1. The highest BCUT2D eigenvalue weighted by atomic mass is 35.5. The molecule has 0 saturated heterocycles. The summed E-state index contributed by atoms with van der Waals surface area (Å²) in [6.45, 7) is 1.98. The molecule has 0 aromatic heterocycles. The minimum atomic E-state index is -4.16. The van der Waals surface area contributed by atoms with Gasteiger partial charge in [0.1, 0.15) is 4.90 Å². The Morgan fingerprint density at radius 2 is 1.71 bits per heavy atom. The van der Waals surface area contributed by atoms with Crippen LogP contribution in [-0.4, -0.2) is 32.9 Å². The van der Waals surface area contributed by atoms with Gasteiger partial charge >= 0.3 is 5.97 Å². The molecule has 0 bridgehead atoms. The van der Waals surface area contributed by atoms with Crippen LogP contribution in [0.1, 0.15) is 22.8 Å². The van der Waals surface area contributed by atoms with Gasteiger partial charge in [-0.25, -0.2) is 13.2 Å². The molecular formula is C24H20Cl2N2O5S. The predicted octanol–water partition coefficient (Wildman–Crippen LogP) is 4.93. The molecule has 1 aliphatic heterocycles. The summed E-state index contributed by atoms with van der Waals surface area (Å²) in [6.07, 6.45) is -0.352. The van der Waals surface area contributed by atoms with Gasteiger partial charge < -0.3 is 9.64 Å². The third-order valence-electron chi connectivity index (χ3n) is 5.36. The molecule has 1 atom stereocenters. The van der Waals surface area contributed by atoms with Crippen LogP contribution in [0, 0.1) is 0 Å². The van der Waals surface area contributed by atoms with E-state index in [1.807, 2.05) is 24.3 Å². The normalized spacial score (nSPS) is 13.8. The van der Waals surface area contributed by atoms with Gasteiger partial charge in [0.15, 0.2) is 6.10 Å². The number of carbonyl (C=O) groups excluding carboxylic acids is 2. The van der Waals surface area contributed by atoms with Crippen molar-refractivity contribution in [3.05, 3.63) is 87.9 Å². The van der Waals surface area contributed by atoms with Crippen molar-refractivity contribution in [3.63, 3.8) is 0 Å². The second-order valence-corrected chi connectivity index (χ2v) is 10.1. The first-order valence-corrected chi connectivity index (χ1v) is 12.6. The molecule has 1 aliphatic rings. The third-order valence-corrected chi connectivity index (χ3v) is 7.54. The molecule has 34 heavy (non-hydrogen) atoms. The number of esters is 1. The lowest BCUT2D eigenvalue weighted by atomic mass is 10.2. The van der Waals surface area contributed by atoms with Crippen LogP contribution in [0.15, 0.2) is 71.6 Å². The highest BCUT2D eigenvalue weighted by Crippen LogP contribution is 2.30. The zero-order valence-electron chi connectivity index (χ0n) is 18.0. The standard InChI is InChI=1S/C24H20Cl2N2O5S/c1-15(23(29)28-13-12-16-6-2-5-9-21(16)28)33-24(30)17-10-11-19(26)22(14-17)34(31,32)27-20-8-4-3-7-18(20)25/h2-11,14-15,27H,12-13H2,1H3. The van der Waals surface area contributed by atoms with E-state index in [-0.39, 0.29) is 32.1 Å². The van der Waals surface area contributed by atoms with Crippen LogP contribution < -0.4 is 9.62 Å². The van der Waals surface area contributed by atoms with E-state index in [2.05, 4.69) is 4.72 Å². The van der Waals surface area contributed by atoms with Crippen LogP contribution in [0.25, 0.3) is 0 Å². The smallest absolute Gasteiger partial charge is 0.338 e. The van der Waals surface area contributed by atoms with E-state index in [0.29, 0.717) is 6.54 Å². The third kappa shape index (κ3) is 4.89. The fourth-order valence-corrected chi connectivity index (χ4v) is 5.49. The number of nitrogens with one attached hydrogen (secondary N) is 1. The predicted molar refractivity (Wildman–Crippen MR) is 131 cm³/mol. The minimum Gasteiger partial charge on any atom is -0.449 e. The van der Waals surface area contributed by atoms with Gasteiger partial charge in [0.25, 0.3) is 15.9 Å². The molecule has 1 N–H and O–H groups in total. The lowest BCUT2D eigenvalue weighted by Gasteiger charge is -2.21. The van der Waals surface area contributed by atoms with Crippen molar-refractivity contribution in [2.45, 2.75) is 24.3 Å². The summed E-state index contributed by atoms with van der Waals surface area (Å²) in [5, 5.41) is 0.113. The van der Waals surface area contributed by atoms with E-state index in [0.717, 1.165) is 23.7 Å². The maximum Gasteiger partial charge on any atom is 0.338 e. The molecule has 3 aromatic carbocycles. The molecule has 0 saturated carbocycles. The Hall–Kier alpha value is -3.07. The van der Waals surface area contributed by atoms with Gasteiger partial charge in [0.2, 0.25) is 0 Å². The van der Waals surface area contributed by atoms with Crippen LogP contribution in [0.4, 0.5) is 11.4 Å². The van der Waals surface area contributed by atoms with Crippen molar-refractivity contribution >= 4 is 56.5 Å². The number of anilines is 2. The zero-order chi connectivity index (χ0) is 24.5. The Morgan fingerprint density at radius 3 is 2.47 bits per heavy atom. The van der Waals surface area contributed by atoms with E-state index >= 15 is 0 Å². The number of rotatable bonds is 6. The molecule has 4 rings (SSSR count). The Morgan fingerprint density at radius 1 is 1.00 bits per heavy atom. The van der Waals surface area contributed by atoms with Crippen LogP contribution in [0.2, 0.25) is 10.0 Å². The van der Waals surface area contributed by atoms with Gasteiger partial charge in [-0.05, 0) is 55.3 Å². The molecule has 3 aromatic rings. The molecule has 0 spiro atoms. The van der Waals surface area contributed by atoms with Crippen molar-refractivity contribution in [3.8, 4) is 0 Å². The number of hydrogen-bond acceptors (Lipinski definition) is 5. The van der Waals surface area contributed by atoms with E-state index in [9.17, 15) is 18.0 Å². The second kappa shape index (κ2) is 9.66. The number of hydrogen-bond donors (Lipinski definition) is 1. The van der Waals surface area contributed by atoms with Gasteiger partial charge in [0.05, 0.1) is 21.3 Å². The molecule has 0 radical (unpaired) electrons. The Bertz CT molecular complexity index is 1380. The zero-order valence-corrected chi connectivity index (χ0v) is 20.3. The second-order valence-electron chi connectivity index (χ2n) is 7.65. The molecule has 7 nitrogen and oxygen atoms in total. The molecule has 1 amide bonds. The summed E-state index contributed by atoms with van der Waals surface area (Å²) in [5.41, 5.74) is 1.94. The molecule has 0 fully saturated rings. The highest BCUT2D eigenvalue weighted by molar-refractivity contribution is 7.92. The highest BCUT2D eigenvalue weighted by Gasteiger charge is 2.30. The summed E-state index contributed by atoms with van der Waals surface area (Å²) in [5.74, 6) is -1.21. The van der Waals surface area contributed by atoms with Gasteiger partial charge in [0, 0.05) is 12.2 Å². The number of halogens is 2. The molecule has 1 unspecified atom stereocenters. The Kier molecular flexibility index (Phi) is 6.84. The van der Waals surface area contributed by atoms with Gasteiger partial charge in [-0.2, -0.15) is 0 Å². The summed E-state index contributed by atoms with van der Waals surface area (Å²) in [7, 11) is -4.16. The minimum absolute atomic E-state index is 0.0644. The number of benzene rings is 3. The van der Waals surface area contributed by atoms with E-state index in [4.69, 9.17) is 27.9 Å². The van der Waals surface area contributed by atoms with Crippen molar-refractivity contribution in [2.75, 3.05) is 16.2 Å². The van der Waals surface area contributed by atoms with E-state index in [1.54, 1.807) is 17.0 Å². The molecular weight excluding hydrogens is 499 g/mol. The number of fused-ring (bicyclic) bond motifs is 1. The summed E-state index contributed by atoms with van der Waals surface area (Å²) < 4.78 is 33.5. The summed E-state index contributed by atoms with van der Waals surface area (Å²) >= 11 is 12.2. The molecule has 1 heterocycles.